The minimum Gasteiger partial charge on any atom is -0.439 e. The van der Waals surface area contributed by atoms with Crippen LogP contribution in [0, 0.1) is 5.92 Å². The van der Waals surface area contributed by atoms with E-state index in [9.17, 15) is 19.2 Å². The van der Waals surface area contributed by atoms with E-state index >= 15 is 0 Å². The minimum absolute atomic E-state index is 0.332. The summed E-state index contributed by atoms with van der Waals surface area (Å²) in [6.45, 7) is 1.57. The SMILES string of the molecule is CC(=O)O[C@@H]1NC(=O)[C@H]1NC(=O)[C@H](CC1CCCCC1)NC(=O)NCc1ccccc1. The molecule has 0 aromatic heterocycles. The molecule has 1 aliphatic heterocycles. The molecule has 2 fully saturated rings. The lowest BCUT2D eigenvalue weighted by Gasteiger charge is -2.36. The summed E-state index contributed by atoms with van der Waals surface area (Å²) < 4.78 is 4.98. The summed E-state index contributed by atoms with van der Waals surface area (Å²) in [6.07, 6.45) is 5.03. The Balaban J connectivity index is 1.59. The summed E-state index contributed by atoms with van der Waals surface area (Å²) in [4.78, 5) is 48.4. The molecule has 2 aliphatic rings. The first-order chi connectivity index (χ1) is 14.9. The van der Waals surface area contributed by atoms with Gasteiger partial charge in [-0.1, -0.05) is 62.4 Å². The highest BCUT2D eigenvalue weighted by Crippen LogP contribution is 2.27. The molecule has 3 atom stereocenters. The molecule has 1 saturated carbocycles. The number of benzene rings is 1. The molecular formula is C22H30N4O5. The Morgan fingerprint density at radius 2 is 1.84 bits per heavy atom. The lowest BCUT2D eigenvalue weighted by Crippen LogP contribution is -2.71. The molecule has 1 aliphatic carbocycles. The Morgan fingerprint density at radius 3 is 2.48 bits per heavy atom. The first-order valence-corrected chi connectivity index (χ1v) is 10.8. The van der Waals surface area contributed by atoms with E-state index < -0.39 is 42.1 Å². The third-order valence-electron chi connectivity index (χ3n) is 5.67. The van der Waals surface area contributed by atoms with Gasteiger partial charge in [-0.2, -0.15) is 0 Å². The number of hydrogen-bond acceptors (Lipinski definition) is 5. The highest BCUT2D eigenvalue weighted by molar-refractivity contribution is 5.95. The van der Waals surface area contributed by atoms with Gasteiger partial charge < -0.3 is 26.0 Å². The van der Waals surface area contributed by atoms with Gasteiger partial charge in [0.15, 0.2) is 6.04 Å². The van der Waals surface area contributed by atoms with Crippen molar-refractivity contribution < 1.29 is 23.9 Å². The summed E-state index contributed by atoms with van der Waals surface area (Å²) in [5.41, 5.74) is 0.946. The van der Waals surface area contributed by atoms with Crippen LogP contribution in [0.5, 0.6) is 0 Å². The third-order valence-corrected chi connectivity index (χ3v) is 5.67. The van der Waals surface area contributed by atoms with E-state index in [-0.39, 0.29) is 0 Å². The number of carbonyl (C=O) groups excluding carboxylic acids is 4. The number of amides is 4. The van der Waals surface area contributed by atoms with Gasteiger partial charge in [-0.15, -0.1) is 0 Å². The third kappa shape index (κ3) is 6.70. The Kier molecular flexibility index (Phi) is 7.86. The quantitative estimate of drug-likeness (QED) is 0.366. The Labute approximate surface area is 181 Å². The van der Waals surface area contributed by atoms with Crippen LogP contribution in [0.4, 0.5) is 4.79 Å². The molecule has 0 unspecified atom stereocenters. The van der Waals surface area contributed by atoms with Crippen LogP contribution in [0.3, 0.4) is 0 Å². The van der Waals surface area contributed by atoms with Crippen molar-refractivity contribution in [3.8, 4) is 0 Å². The number of hydrogen-bond donors (Lipinski definition) is 4. The molecule has 0 radical (unpaired) electrons. The topological polar surface area (TPSA) is 126 Å². The van der Waals surface area contributed by atoms with E-state index in [0.29, 0.717) is 18.9 Å². The fourth-order valence-electron chi connectivity index (χ4n) is 4.00. The van der Waals surface area contributed by atoms with Crippen LogP contribution >= 0.6 is 0 Å². The summed E-state index contributed by atoms with van der Waals surface area (Å²) in [6, 6.07) is 7.27. The van der Waals surface area contributed by atoms with Crippen LogP contribution < -0.4 is 21.3 Å². The van der Waals surface area contributed by atoms with Gasteiger partial charge in [0.25, 0.3) is 5.91 Å². The second-order valence-electron chi connectivity index (χ2n) is 8.13. The maximum Gasteiger partial charge on any atom is 0.315 e. The minimum atomic E-state index is -0.959. The number of nitrogens with one attached hydrogen (secondary N) is 4. The Morgan fingerprint density at radius 1 is 1.13 bits per heavy atom. The molecule has 1 saturated heterocycles. The molecule has 9 nitrogen and oxygen atoms in total. The molecule has 4 N–H and O–H groups in total. The molecule has 0 bridgehead atoms. The lowest BCUT2D eigenvalue weighted by atomic mass is 9.84. The molecule has 168 valence electrons. The largest absolute Gasteiger partial charge is 0.439 e. The maximum atomic E-state index is 12.9. The van der Waals surface area contributed by atoms with Gasteiger partial charge >= 0.3 is 12.0 Å². The number of urea groups is 1. The predicted molar refractivity (Wildman–Crippen MR) is 112 cm³/mol. The van der Waals surface area contributed by atoms with Gasteiger partial charge in [0.2, 0.25) is 12.1 Å². The van der Waals surface area contributed by atoms with Crippen LogP contribution in [0.25, 0.3) is 0 Å². The van der Waals surface area contributed by atoms with Gasteiger partial charge in [-0.3, -0.25) is 14.4 Å². The Hall–Kier alpha value is -3.10. The standard InChI is InChI=1S/C22H30N4O5/c1-14(27)31-21-18(20(29)26-21)25-19(28)17(12-15-8-4-2-5-9-15)24-22(30)23-13-16-10-6-3-7-11-16/h3,6-7,10-11,15,17-18,21H,2,4-5,8-9,12-13H2,1H3,(H,25,28)(H,26,29)(H2,23,24,30)/t17-,18+,21-/m0/s1. The fraction of sp³-hybridized carbons (Fsp3) is 0.545. The summed E-state index contributed by atoms with van der Waals surface area (Å²) in [7, 11) is 0. The second-order valence-corrected chi connectivity index (χ2v) is 8.13. The first kappa shape index (κ1) is 22.6. The average Bonchev–Trinajstić information content (AvgIpc) is 2.76. The van der Waals surface area contributed by atoms with Crippen molar-refractivity contribution in [2.75, 3.05) is 0 Å². The molecule has 31 heavy (non-hydrogen) atoms. The summed E-state index contributed by atoms with van der Waals surface area (Å²) in [5.74, 6) is -1.11. The van der Waals surface area contributed by atoms with E-state index in [1.165, 1.54) is 13.3 Å². The summed E-state index contributed by atoms with van der Waals surface area (Å²) >= 11 is 0. The number of esters is 1. The number of ether oxygens (including phenoxy) is 1. The van der Waals surface area contributed by atoms with Gasteiger partial charge in [-0.05, 0) is 17.9 Å². The zero-order valence-electron chi connectivity index (χ0n) is 17.7. The fourth-order valence-corrected chi connectivity index (χ4v) is 4.00. The van der Waals surface area contributed by atoms with Crippen molar-refractivity contribution in [1.29, 1.82) is 0 Å². The van der Waals surface area contributed by atoms with E-state index in [1.807, 2.05) is 30.3 Å². The number of carbonyl (C=O) groups is 4. The van der Waals surface area contributed by atoms with E-state index in [4.69, 9.17) is 4.74 Å². The molecule has 9 heteroatoms. The molecule has 0 spiro atoms. The van der Waals surface area contributed by atoms with Crippen molar-refractivity contribution >= 4 is 23.8 Å². The van der Waals surface area contributed by atoms with Crippen molar-refractivity contribution in [2.45, 2.75) is 70.3 Å². The van der Waals surface area contributed by atoms with Crippen molar-refractivity contribution in [3.05, 3.63) is 35.9 Å². The van der Waals surface area contributed by atoms with Crippen LogP contribution in [0.15, 0.2) is 30.3 Å². The number of β-lactam (4-membered cyclic amide) rings is 1. The lowest BCUT2D eigenvalue weighted by molar-refractivity contribution is -0.164. The van der Waals surface area contributed by atoms with Crippen molar-refractivity contribution in [1.82, 2.24) is 21.3 Å². The zero-order chi connectivity index (χ0) is 22.2. The second kappa shape index (κ2) is 10.8. The zero-order valence-corrected chi connectivity index (χ0v) is 17.7. The first-order valence-electron chi connectivity index (χ1n) is 10.8. The maximum absolute atomic E-state index is 12.9. The summed E-state index contributed by atoms with van der Waals surface area (Å²) in [5, 5.41) is 10.6. The van der Waals surface area contributed by atoms with E-state index in [1.54, 1.807) is 0 Å². The monoisotopic (exact) mass is 430 g/mol. The van der Waals surface area contributed by atoms with Crippen LogP contribution in [0.2, 0.25) is 0 Å². The predicted octanol–water partition coefficient (Wildman–Crippen LogP) is 1.33. The molecule has 4 amide bonds. The molecular weight excluding hydrogens is 400 g/mol. The van der Waals surface area contributed by atoms with E-state index in [0.717, 1.165) is 31.2 Å². The molecule has 3 rings (SSSR count). The molecule has 1 aromatic rings. The van der Waals surface area contributed by atoms with Crippen LogP contribution in [-0.4, -0.2) is 42.1 Å². The normalized spacial score (nSPS) is 21.8. The smallest absolute Gasteiger partial charge is 0.315 e. The van der Waals surface area contributed by atoms with Crippen molar-refractivity contribution in [2.24, 2.45) is 5.92 Å². The van der Waals surface area contributed by atoms with Crippen LogP contribution in [-0.2, 0) is 25.7 Å². The van der Waals surface area contributed by atoms with Gasteiger partial charge in [0.05, 0.1) is 0 Å². The number of rotatable bonds is 8. The average molecular weight is 431 g/mol. The van der Waals surface area contributed by atoms with Gasteiger partial charge in [0, 0.05) is 13.5 Å². The van der Waals surface area contributed by atoms with Crippen molar-refractivity contribution in [3.63, 3.8) is 0 Å². The van der Waals surface area contributed by atoms with Gasteiger partial charge in [-0.25, -0.2) is 4.79 Å². The highest BCUT2D eigenvalue weighted by atomic mass is 16.6. The van der Waals surface area contributed by atoms with E-state index in [2.05, 4.69) is 21.3 Å². The molecule has 1 aromatic carbocycles. The van der Waals surface area contributed by atoms with Crippen LogP contribution in [0.1, 0.15) is 51.0 Å². The highest BCUT2D eigenvalue weighted by Gasteiger charge is 2.44. The Bertz CT molecular complexity index is 794. The molecule has 1 heterocycles. The van der Waals surface area contributed by atoms with Gasteiger partial charge in [0.1, 0.15) is 6.04 Å².